The van der Waals surface area contributed by atoms with E-state index < -0.39 is 0 Å². The minimum Gasteiger partial charge on any atom is -0.491 e. The minimum atomic E-state index is 0.0594. The van der Waals surface area contributed by atoms with Crippen LogP contribution in [0.25, 0.3) is 0 Å². The molecule has 0 saturated heterocycles. The zero-order valence-electron chi connectivity index (χ0n) is 9.70. The van der Waals surface area contributed by atoms with Gasteiger partial charge < -0.3 is 15.2 Å². The van der Waals surface area contributed by atoms with Gasteiger partial charge >= 0.3 is 0 Å². The summed E-state index contributed by atoms with van der Waals surface area (Å²) in [4.78, 5) is 0. The highest BCUT2D eigenvalue weighted by Gasteiger charge is 2.20. The molecule has 2 N–H and O–H groups in total. The van der Waals surface area contributed by atoms with Crippen molar-refractivity contribution in [2.45, 2.75) is 32.4 Å². The van der Waals surface area contributed by atoms with Crippen LogP contribution in [0.1, 0.15) is 24.0 Å². The predicted octanol–water partition coefficient (Wildman–Crippen LogP) is 1.62. The van der Waals surface area contributed by atoms with Crippen LogP contribution in [0.3, 0.4) is 0 Å². The number of aliphatic hydroxyl groups is 1. The third-order valence-corrected chi connectivity index (χ3v) is 2.79. The number of aryl methyl sites for hydroxylation is 1. The standard InChI is InChI=1S/C13H19NO2/c1-10-3-2-4-11(9-14-12-5-6-12)13(10)16-8-7-15/h2-4,12,14-15H,5-9H2,1H3. The molecule has 0 radical (unpaired) electrons. The van der Waals surface area contributed by atoms with Crippen molar-refractivity contribution < 1.29 is 9.84 Å². The van der Waals surface area contributed by atoms with Crippen LogP contribution in [0, 0.1) is 6.92 Å². The van der Waals surface area contributed by atoms with E-state index in [1.54, 1.807) is 0 Å². The zero-order valence-corrected chi connectivity index (χ0v) is 9.70. The van der Waals surface area contributed by atoms with Crippen LogP contribution in [-0.4, -0.2) is 24.4 Å². The van der Waals surface area contributed by atoms with Gasteiger partial charge in [0.25, 0.3) is 0 Å². The monoisotopic (exact) mass is 221 g/mol. The smallest absolute Gasteiger partial charge is 0.126 e. The number of hydrogen-bond acceptors (Lipinski definition) is 3. The molecule has 0 spiro atoms. The lowest BCUT2D eigenvalue weighted by Gasteiger charge is -2.13. The van der Waals surface area contributed by atoms with E-state index in [0.717, 1.165) is 17.9 Å². The van der Waals surface area contributed by atoms with Crippen molar-refractivity contribution in [3.05, 3.63) is 29.3 Å². The maximum Gasteiger partial charge on any atom is 0.126 e. The normalized spacial score (nSPS) is 15.1. The quantitative estimate of drug-likeness (QED) is 0.767. The summed E-state index contributed by atoms with van der Waals surface area (Å²) in [6.45, 7) is 3.31. The van der Waals surface area contributed by atoms with Crippen LogP contribution >= 0.6 is 0 Å². The number of hydrogen-bond donors (Lipinski definition) is 2. The van der Waals surface area contributed by atoms with Crippen LogP contribution in [0.15, 0.2) is 18.2 Å². The van der Waals surface area contributed by atoms with Gasteiger partial charge in [0.15, 0.2) is 0 Å². The van der Waals surface area contributed by atoms with Gasteiger partial charge in [0.05, 0.1) is 6.61 Å². The summed E-state index contributed by atoms with van der Waals surface area (Å²) in [6.07, 6.45) is 2.58. The Morgan fingerprint density at radius 1 is 1.44 bits per heavy atom. The molecule has 1 saturated carbocycles. The summed E-state index contributed by atoms with van der Waals surface area (Å²) in [5.74, 6) is 0.921. The molecule has 1 aliphatic rings. The van der Waals surface area contributed by atoms with E-state index in [2.05, 4.69) is 11.4 Å². The van der Waals surface area contributed by atoms with Crippen LogP contribution < -0.4 is 10.1 Å². The molecule has 88 valence electrons. The minimum absolute atomic E-state index is 0.0594. The molecule has 0 unspecified atom stereocenters. The fourth-order valence-electron chi connectivity index (χ4n) is 1.75. The van der Waals surface area contributed by atoms with Gasteiger partial charge in [-0.05, 0) is 25.3 Å². The summed E-state index contributed by atoms with van der Waals surface area (Å²) in [6, 6.07) is 6.86. The van der Waals surface area contributed by atoms with E-state index in [-0.39, 0.29) is 6.61 Å². The summed E-state index contributed by atoms with van der Waals surface area (Å²) in [5.41, 5.74) is 2.31. The Kier molecular flexibility index (Phi) is 3.80. The number of benzene rings is 1. The molecule has 1 fully saturated rings. The molecule has 16 heavy (non-hydrogen) atoms. The Balaban J connectivity index is 2.04. The Bertz CT molecular complexity index is 348. The third-order valence-electron chi connectivity index (χ3n) is 2.79. The average molecular weight is 221 g/mol. The topological polar surface area (TPSA) is 41.5 Å². The number of para-hydroxylation sites is 1. The number of ether oxygens (including phenoxy) is 1. The fraction of sp³-hybridized carbons (Fsp3) is 0.538. The van der Waals surface area contributed by atoms with Crippen molar-refractivity contribution in [1.82, 2.24) is 5.32 Å². The summed E-state index contributed by atoms with van der Waals surface area (Å²) < 4.78 is 5.58. The van der Waals surface area contributed by atoms with Gasteiger partial charge in [0.1, 0.15) is 12.4 Å². The Morgan fingerprint density at radius 3 is 2.94 bits per heavy atom. The number of nitrogens with one attached hydrogen (secondary N) is 1. The van der Waals surface area contributed by atoms with E-state index in [1.165, 1.54) is 18.4 Å². The zero-order chi connectivity index (χ0) is 11.4. The molecule has 1 aromatic rings. The Labute approximate surface area is 96.4 Å². The van der Waals surface area contributed by atoms with Gasteiger partial charge in [-0.3, -0.25) is 0 Å². The molecule has 0 aliphatic heterocycles. The van der Waals surface area contributed by atoms with E-state index in [1.807, 2.05) is 19.1 Å². The van der Waals surface area contributed by atoms with E-state index in [4.69, 9.17) is 9.84 Å². The van der Waals surface area contributed by atoms with Crippen molar-refractivity contribution in [2.75, 3.05) is 13.2 Å². The fourth-order valence-corrected chi connectivity index (χ4v) is 1.75. The average Bonchev–Trinajstić information content (AvgIpc) is 3.09. The highest BCUT2D eigenvalue weighted by atomic mass is 16.5. The predicted molar refractivity (Wildman–Crippen MR) is 63.6 cm³/mol. The van der Waals surface area contributed by atoms with E-state index in [0.29, 0.717) is 12.6 Å². The molecular formula is C13H19NO2. The molecule has 0 amide bonds. The van der Waals surface area contributed by atoms with E-state index in [9.17, 15) is 0 Å². The molecule has 1 aliphatic carbocycles. The van der Waals surface area contributed by atoms with Gasteiger partial charge in [-0.15, -0.1) is 0 Å². The van der Waals surface area contributed by atoms with Gasteiger partial charge in [-0.2, -0.15) is 0 Å². The molecule has 3 nitrogen and oxygen atoms in total. The maximum absolute atomic E-state index is 8.80. The molecule has 0 heterocycles. The lowest BCUT2D eigenvalue weighted by molar-refractivity contribution is 0.199. The molecule has 0 bridgehead atoms. The molecule has 1 aromatic carbocycles. The SMILES string of the molecule is Cc1cccc(CNC2CC2)c1OCCO. The molecule has 2 rings (SSSR count). The van der Waals surface area contributed by atoms with Crippen molar-refractivity contribution in [3.63, 3.8) is 0 Å². The maximum atomic E-state index is 8.80. The highest BCUT2D eigenvalue weighted by Crippen LogP contribution is 2.25. The van der Waals surface area contributed by atoms with Gasteiger partial charge in [0.2, 0.25) is 0 Å². The van der Waals surface area contributed by atoms with Crippen LogP contribution in [0.5, 0.6) is 5.75 Å². The van der Waals surface area contributed by atoms with Crippen LogP contribution in [-0.2, 0) is 6.54 Å². The second kappa shape index (κ2) is 5.32. The summed E-state index contributed by atoms with van der Waals surface area (Å²) in [7, 11) is 0. The first-order valence-corrected chi connectivity index (χ1v) is 5.87. The third kappa shape index (κ3) is 2.97. The van der Waals surface area contributed by atoms with Gasteiger partial charge in [-0.1, -0.05) is 18.2 Å². The number of aliphatic hydroxyl groups excluding tert-OH is 1. The second-order valence-corrected chi connectivity index (χ2v) is 4.29. The van der Waals surface area contributed by atoms with Crippen LogP contribution in [0.4, 0.5) is 0 Å². The highest BCUT2D eigenvalue weighted by molar-refractivity contribution is 5.40. The van der Waals surface area contributed by atoms with Gasteiger partial charge in [-0.25, -0.2) is 0 Å². The first-order chi connectivity index (χ1) is 7.81. The second-order valence-electron chi connectivity index (χ2n) is 4.29. The lowest BCUT2D eigenvalue weighted by atomic mass is 10.1. The van der Waals surface area contributed by atoms with Crippen molar-refractivity contribution >= 4 is 0 Å². The molecular weight excluding hydrogens is 202 g/mol. The Hall–Kier alpha value is -1.06. The van der Waals surface area contributed by atoms with Crippen LogP contribution in [0.2, 0.25) is 0 Å². The largest absolute Gasteiger partial charge is 0.491 e. The first-order valence-electron chi connectivity index (χ1n) is 5.87. The first kappa shape index (κ1) is 11.4. The summed E-state index contributed by atoms with van der Waals surface area (Å²) in [5, 5.41) is 12.3. The Morgan fingerprint density at radius 2 is 2.25 bits per heavy atom. The lowest BCUT2D eigenvalue weighted by Crippen LogP contribution is -2.16. The molecule has 0 atom stereocenters. The molecule has 3 heteroatoms. The van der Waals surface area contributed by atoms with Crippen molar-refractivity contribution in [2.24, 2.45) is 0 Å². The number of rotatable bonds is 6. The van der Waals surface area contributed by atoms with Crippen molar-refractivity contribution in [3.8, 4) is 5.75 Å². The van der Waals surface area contributed by atoms with Gasteiger partial charge in [0, 0.05) is 18.2 Å². The molecule has 0 aromatic heterocycles. The summed E-state index contributed by atoms with van der Waals surface area (Å²) >= 11 is 0. The van der Waals surface area contributed by atoms with E-state index >= 15 is 0 Å². The van der Waals surface area contributed by atoms with Crippen molar-refractivity contribution in [1.29, 1.82) is 0 Å².